The molecule has 0 aliphatic heterocycles. The fraction of sp³-hybridized carbons (Fsp3) is 0.0833. The van der Waals surface area contributed by atoms with Crippen molar-refractivity contribution in [3.63, 3.8) is 0 Å². The number of rotatable bonds is 3. The first-order chi connectivity index (χ1) is 8.16. The molecule has 0 bridgehead atoms. The van der Waals surface area contributed by atoms with Gasteiger partial charge in [-0.1, -0.05) is 29.8 Å². The van der Waals surface area contributed by atoms with Crippen molar-refractivity contribution in [3.05, 3.63) is 52.9 Å². The van der Waals surface area contributed by atoms with E-state index in [4.69, 9.17) is 17.3 Å². The average Bonchev–Trinajstić information content (AvgIpc) is 2.32. The van der Waals surface area contributed by atoms with Crippen molar-refractivity contribution in [1.29, 1.82) is 0 Å². The third-order valence-electron chi connectivity index (χ3n) is 2.30. The van der Waals surface area contributed by atoms with Gasteiger partial charge in [0.2, 0.25) is 0 Å². The summed E-state index contributed by atoms with van der Waals surface area (Å²) in [5, 5.41) is 3.29. The quantitative estimate of drug-likeness (QED) is 0.825. The molecule has 0 aliphatic rings. The summed E-state index contributed by atoms with van der Waals surface area (Å²) in [5.41, 5.74) is 6.74. The van der Waals surface area contributed by atoms with Gasteiger partial charge in [0.1, 0.15) is 11.0 Å². The van der Waals surface area contributed by atoms with Crippen molar-refractivity contribution in [2.75, 3.05) is 11.1 Å². The number of nitrogen functional groups attached to an aromatic ring is 1. The monoisotopic (exact) mass is 251 g/mol. The largest absolute Gasteiger partial charge is 0.396 e. The van der Waals surface area contributed by atoms with E-state index in [0.717, 1.165) is 0 Å². The minimum absolute atomic E-state index is 0.263. The zero-order chi connectivity index (χ0) is 12.3. The van der Waals surface area contributed by atoms with E-state index in [1.807, 2.05) is 0 Å². The van der Waals surface area contributed by atoms with Crippen LogP contribution >= 0.6 is 11.6 Å². The second-order valence-corrected chi connectivity index (χ2v) is 3.90. The van der Waals surface area contributed by atoms with Gasteiger partial charge in [0, 0.05) is 12.1 Å². The Hall–Kier alpha value is -1.81. The maximum absolute atomic E-state index is 13.4. The predicted molar refractivity (Wildman–Crippen MR) is 67.4 cm³/mol. The number of hydrogen-bond acceptors (Lipinski definition) is 3. The van der Waals surface area contributed by atoms with E-state index in [-0.39, 0.29) is 5.82 Å². The Labute approximate surface area is 103 Å². The van der Waals surface area contributed by atoms with Gasteiger partial charge in [0.05, 0.1) is 5.69 Å². The summed E-state index contributed by atoms with van der Waals surface area (Å²) < 4.78 is 13.4. The van der Waals surface area contributed by atoms with E-state index in [0.29, 0.717) is 28.8 Å². The van der Waals surface area contributed by atoms with Crippen LogP contribution in [-0.4, -0.2) is 4.98 Å². The summed E-state index contributed by atoms with van der Waals surface area (Å²) in [6.07, 6.45) is 0. The molecule has 1 heterocycles. The van der Waals surface area contributed by atoms with Crippen molar-refractivity contribution < 1.29 is 4.39 Å². The highest BCUT2D eigenvalue weighted by Gasteiger charge is 2.04. The molecule has 2 rings (SSSR count). The molecular weight excluding hydrogens is 241 g/mol. The Balaban J connectivity index is 2.12. The van der Waals surface area contributed by atoms with E-state index in [2.05, 4.69) is 10.3 Å². The molecule has 1 aromatic carbocycles. The summed E-state index contributed by atoms with van der Waals surface area (Å²) in [4.78, 5) is 4.02. The van der Waals surface area contributed by atoms with Crippen LogP contribution in [0.3, 0.4) is 0 Å². The van der Waals surface area contributed by atoms with Crippen molar-refractivity contribution in [2.45, 2.75) is 6.54 Å². The Kier molecular flexibility index (Phi) is 3.44. The normalized spacial score (nSPS) is 10.2. The molecule has 0 fully saturated rings. The van der Waals surface area contributed by atoms with Gasteiger partial charge < -0.3 is 11.1 Å². The molecule has 0 saturated carbocycles. The second-order valence-electron chi connectivity index (χ2n) is 3.52. The lowest BCUT2D eigenvalue weighted by Gasteiger charge is -2.09. The van der Waals surface area contributed by atoms with Gasteiger partial charge in [0.25, 0.3) is 0 Å². The zero-order valence-corrected chi connectivity index (χ0v) is 9.71. The minimum Gasteiger partial charge on any atom is -0.396 e. The molecule has 0 atom stereocenters. The number of nitrogens with two attached hydrogens (primary N) is 1. The van der Waals surface area contributed by atoms with Crippen LogP contribution in [0.5, 0.6) is 0 Å². The summed E-state index contributed by atoms with van der Waals surface area (Å²) in [6, 6.07) is 9.78. The molecule has 17 heavy (non-hydrogen) atoms. The number of anilines is 2. The molecular formula is C12H11ClFN3. The van der Waals surface area contributed by atoms with Crippen molar-refractivity contribution in [3.8, 4) is 0 Å². The van der Waals surface area contributed by atoms with Crippen molar-refractivity contribution in [1.82, 2.24) is 4.98 Å². The van der Waals surface area contributed by atoms with Gasteiger partial charge >= 0.3 is 0 Å². The molecule has 1 aromatic heterocycles. The molecule has 88 valence electrons. The van der Waals surface area contributed by atoms with E-state index in [1.54, 1.807) is 30.3 Å². The summed E-state index contributed by atoms with van der Waals surface area (Å²) in [7, 11) is 0. The van der Waals surface area contributed by atoms with Gasteiger partial charge in [-0.3, -0.25) is 0 Å². The van der Waals surface area contributed by atoms with Crippen molar-refractivity contribution in [2.24, 2.45) is 0 Å². The van der Waals surface area contributed by atoms with Gasteiger partial charge in [-0.15, -0.1) is 0 Å². The highest BCUT2D eigenvalue weighted by atomic mass is 35.5. The smallest absolute Gasteiger partial charge is 0.151 e. The summed E-state index contributed by atoms with van der Waals surface area (Å²) in [5.74, 6) is 0.196. The first-order valence-electron chi connectivity index (χ1n) is 5.06. The Morgan fingerprint density at radius 2 is 2.00 bits per heavy atom. The van der Waals surface area contributed by atoms with Crippen LogP contribution in [0.15, 0.2) is 36.4 Å². The molecule has 5 heteroatoms. The van der Waals surface area contributed by atoms with Crippen LogP contribution in [0.4, 0.5) is 15.9 Å². The fourth-order valence-electron chi connectivity index (χ4n) is 1.41. The third kappa shape index (κ3) is 2.85. The SMILES string of the molecule is Nc1ccc(Cl)nc1NCc1ccccc1F. The molecule has 2 aromatic rings. The Bertz CT molecular complexity index is 531. The lowest BCUT2D eigenvalue weighted by Crippen LogP contribution is -2.05. The van der Waals surface area contributed by atoms with Crippen molar-refractivity contribution >= 4 is 23.1 Å². The van der Waals surface area contributed by atoms with Gasteiger partial charge in [-0.25, -0.2) is 9.37 Å². The van der Waals surface area contributed by atoms with E-state index in [1.165, 1.54) is 6.07 Å². The van der Waals surface area contributed by atoms with Crippen LogP contribution in [0.25, 0.3) is 0 Å². The molecule has 0 radical (unpaired) electrons. The number of aromatic nitrogens is 1. The summed E-state index contributed by atoms with van der Waals surface area (Å²) in [6.45, 7) is 0.310. The zero-order valence-electron chi connectivity index (χ0n) is 8.95. The van der Waals surface area contributed by atoms with E-state index >= 15 is 0 Å². The van der Waals surface area contributed by atoms with Gasteiger partial charge in [-0.05, 0) is 18.2 Å². The first-order valence-corrected chi connectivity index (χ1v) is 5.44. The predicted octanol–water partition coefficient (Wildman–Crippen LogP) is 3.07. The second kappa shape index (κ2) is 5.01. The average molecular weight is 252 g/mol. The number of benzene rings is 1. The first kappa shape index (κ1) is 11.7. The third-order valence-corrected chi connectivity index (χ3v) is 2.51. The molecule has 0 amide bonds. The number of nitrogens with zero attached hydrogens (tertiary/aromatic N) is 1. The Morgan fingerprint density at radius 3 is 2.76 bits per heavy atom. The molecule has 0 spiro atoms. The van der Waals surface area contributed by atoms with E-state index in [9.17, 15) is 4.39 Å². The number of pyridine rings is 1. The van der Waals surface area contributed by atoms with Crippen LogP contribution in [0.1, 0.15) is 5.56 Å². The highest BCUT2D eigenvalue weighted by molar-refractivity contribution is 6.29. The van der Waals surface area contributed by atoms with Gasteiger partial charge in [0.15, 0.2) is 5.82 Å². The fourth-order valence-corrected chi connectivity index (χ4v) is 1.56. The molecule has 3 nitrogen and oxygen atoms in total. The maximum Gasteiger partial charge on any atom is 0.151 e. The standard InChI is InChI=1S/C12H11ClFN3/c13-11-6-5-10(15)12(17-11)16-7-8-3-1-2-4-9(8)14/h1-6H,7,15H2,(H,16,17). The number of nitrogens with one attached hydrogen (secondary N) is 1. The topological polar surface area (TPSA) is 50.9 Å². The molecule has 0 unspecified atom stereocenters. The van der Waals surface area contributed by atoms with Crippen LogP contribution in [0, 0.1) is 5.82 Å². The molecule has 3 N–H and O–H groups in total. The van der Waals surface area contributed by atoms with E-state index < -0.39 is 0 Å². The van der Waals surface area contributed by atoms with Gasteiger partial charge in [-0.2, -0.15) is 0 Å². The summed E-state index contributed by atoms with van der Waals surface area (Å²) >= 11 is 5.75. The van der Waals surface area contributed by atoms with Crippen LogP contribution in [0.2, 0.25) is 5.15 Å². The lowest BCUT2D eigenvalue weighted by atomic mass is 10.2. The molecule has 0 aliphatic carbocycles. The number of halogens is 2. The lowest BCUT2D eigenvalue weighted by molar-refractivity contribution is 0.613. The Morgan fingerprint density at radius 1 is 1.24 bits per heavy atom. The highest BCUT2D eigenvalue weighted by Crippen LogP contribution is 2.19. The maximum atomic E-state index is 13.4. The van der Waals surface area contributed by atoms with Crippen LogP contribution in [-0.2, 0) is 6.54 Å². The molecule has 0 saturated heterocycles. The van der Waals surface area contributed by atoms with Crippen LogP contribution < -0.4 is 11.1 Å². The number of hydrogen-bond donors (Lipinski definition) is 2. The minimum atomic E-state index is -0.263.